The summed E-state index contributed by atoms with van der Waals surface area (Å²) < 4.78 is -1.18. The number of rotatable bonds is 23. The summed E-state index contributed by atoms with van der Waals surface area (Å²) in [5.41, 5.74) is 5.78. The van der Waals surface area contributed by atoms with Crippen molar-refractivity contribution in [2.45, 2.75) is 172 Å². The van der Waals surface area contributed by atoms with Gasteiger partial charge in [-0.2, -0.15) is 0 Å². The lowest BCUT2D eigenvalue weighted by molar-refractivity contribution is -0.145. The van der Waals surface area contributed by atoms with Crippen molar-refractivity contribution in [2.75, 3.05) is 44.9 Å². The van der Waals surface area contributed by atoms with E-state index in [-0.39, 0.29) is 72.6 Å². The van der Waals surface area contributed by atoms with Crippen molar-refractivity contribution >= 4 is 70.6 Å². The van der Waals surface area contributed by atoms with Crippen molar-refractivity contribution in [1.29, 1.82) is 0 Å². The summed E-state index contributed by atoms with van der Waals surface area (Å²) in [7, 11) is 3.25. The molecule has 0 bridgehead atoms. The summed E-state index contributed by atoms with van der Waals surface area (Å²) in [5.74, 6) is -4.35. The van der Waals surface area contributed by atoms with Crippen LogP contribution in [0.5, 0.6) is 0 Å². The van der Waals surface area contributed by atoms with Crippen LogP contribution < -0.4 is 47.9 Å². The van der Waals surface area contributed by atoms with Gasteiger partial charge in [-0.25, -0.2) is 0 Å². The Balaban J connectivity index is 0.998. The molecule has 484 valence electrons. The Morgan fingerprint density at radius 3 is 1.67 bits per heavy atom. The highest BCUT2D eigenvalue weighted by Gasteiger charge is 2.48. The van der Waals surface area contributed by atoms with E-state index < -0.39 is 107 Å². The van der Waals surface area contributed by atoms with Crippen molar-refractivity contribution in [3.05, 3.63) is 136 Å². The fourth-order valence-corrected chi connectivity index (χ4v) is 13.1. The van der Waals surface area contributed by atoms with Crippen LogP contribution in [0.2, 0.25) is 0 Å². The van der Waals surface area contributed by atoms with Crippen LogP contribution in [0.4, 0.5) is 5.69 Å². The van der Waals surface area contributed by atoms with Gasteiger partial charge >= 0.3 is 0 Å². The maximum atomic E-state index is 15.4. The van der Waals surface area contributed by atoms with Crippen molar-refractivity contribution in [3.8, 4) is 0 Å². The number of nitrogens with zero attached hydrogens (tertiary/aromatic N) is 2. The third-order valence-corrected chi connectivity index (χ3v) is 19.2. The van der Waals surface area contributed by atoms with Gasteiger partial charge in [0.15, 0.2) is 0 Å². The lowest BCUT2D eigenvalue weighted by Crippen LogP contribution is -2.63. The first-order valence-electron chi connectivity index (χ1n) is 31.2. The van der Waals surface area contributed by atoms with E-state index in [0.717, 1.165) is 71.7 Å². The highest BCUT2D eigenvalue weighted by Crippen LogP contribution is 2.36. The molecule has 22 nitrogen and oxygen atoms in total. The molecule has 9 atom stereocenters. The molecule has 4 aliphatic rings. The molecule has 0 spiro atoms. The van der Waals surface area contributed by atoms with Gasteiger partial charge < -0.3 is 67.9 Å². The molecule has 0 aromatic heterocycles. The number of aliphatic hydroxyl groups is 2. The van der Waals surface area contributed by atoms with E-state index in [9.17, 15) is 48.6 Å². The van der Waals surface area contributed by atoms with E-state index in [0.29, 0.717) is 17.7 Å². The highest BCUT2D eigenvalue weighted by molar-refractivity contribution is 8.01. The monoisotopic (exact) mass is 1260 g/mol. The van der Waals surface area contributed by atoms with E-state index in [1.165, 1.54) is 34.1 Å². The number of carbonyl (C=O) groups excluding carboxylic acids is 9. The molecule has 0 radical (unpaired) electrons. The third kappa shape index (κ3) is 16.4. The summed E-state index contributed by atoms with van der Waals surface area (Å²) in [6.07, 6.45) is 5.11. The zero-order chi connectivity index (χ0) is 65.2. The summed E-state index contributed by atoms with van der Waals surface area (Å²) in [6.45, 7) is 11.2. The van der Waals surface area contributed by atoms with Gasteiger partial charge in [-0.1, -0.05) is 75.4 Å². The molecule has 4 aromatic carbocycles. The number of carbonyl (C=O) groups is 9. The summed E-state index contributed by atoms with van der Waals surface area (Å²) in [6, 6.07) is 19.5. The zero-order valence-electron chi connectivity index (χ0n) is 53.0. The lowest BCUT2D eigenvalue weighted by atomic mass is 9.85. The first-order chi connectivity index (χ1) is 42.8. The number of nitrogens with one attached hydrogen (secondary N) is 9. The van der Waals surface area contributed by atoms with Gasteiger partial charge in [0.25, 0.3) is 11.8 Å². The topological polar surface area (TPSA) is 309 Å². The molecular formula is C67H89N11O11S. The number of aliphatic hydroxyl groups excluding tert-OH is 2. The Bertz CT molecular complexity index is 3300. The molecule has 1 fully saturated rings. The molecule has 2 heterocycles. The summed E-state index contributed by atoms with van der Waals surface area (Å²) >= 11 is 1.09. The molecule has 11 N–H and O–H groups in total. The van der Waals surface area contributed by atoms with Crippen molar-refractivity contribution in [1.82, 2.24) is 52.3 Å². The smallest absolute Gasteiger partial charge is 0.255 e. The second-order valence-electron chi connectivity index (χ2n) is 25.7. The Kier molecular flexibility index (Phi) is 22.7. The van der Waals surface area contributed by atoms with Crippen LogP contribution in [0.1, 0.15) is 147 Å². The van der Waals surface area contributed by atoms with E-state index in [2.05, 4.69) is 53.9 Å². The van der Waals surface area contributed by atoms with Gasteiger partial charge in [0.05, 0.1) is 49.2 Å². The van der Waals surface area contributed by atoms with Gasteiger partial charge in [-0.05, 0) is 162 Å². The molecule has 0 unspecified atom stereocenters. The minimum absolute atomic E-state index is 0.00545. The number of anilines is 1. The number of hydrogen-bond acceptors (Lipinski definition) is 14. The maximum Gasteiger partial charge on any atom is 0.255 e. The number of likely N-dealkylation sites (tertiary alicyclic amines) is 1. The molecular weight excluding hydrogens is 1170 g/mol. The van der Waals surface area contributed by atoms with Gasteiger partial charge in [0, 0.05) is 47.1 Å². The van der Waals surface area contributed by atoms with Crippen LogP contribution in [-0.2, 0) is 59.4 Å². The molecule has 2 aliphatic heterocycles. The fraction of sp³-hybridized carbons (Fsp3) is 0.507. The van der Waals surface area contributed by atoms with Crippen molar-refractivity contribution in [3.63, 3.8) is 0 Å². The fourth-order valence-electron chi connectivity index (χ4n) is 12.2. The van der Waals surface area contributed by atoms with E-state index in [1.54, 1.807) is 60.0 Å². The van der Waals surface area contributed by atoms with Crippen LogP contribution in [0.25, 0.3) is 0 Å². The number of benzene rings is 4. The normalized spacial score (nSPS) is 20.2. The predicted octanol–water partition coefficient (Wildman–Crippen LogP) is 3.49. The number of likely N-dealkylation sites (N-methyl/N-ethyl adjacent to an activating group) is 2. The quantitative estimate of drug-likeness (QED) is 0.0507. The van der Waals surface area contributed by atoms with Crippen LogP contribution in [0, 0.1) is 5.41 Å². The Morgan fingerprint density at radius 1 is 0.600 bits per heavy atom. The molecule has 0 saturated carbocycles. The second-order valence-corrected chi connectivity index (χ2v) is 27.3. The van der Waals surface area contributed by atoms with E-state index >= 15 is 4.79 Å². The Labute approximate surface area is 531 Å². The molecule has 8 rings (SSSR count). The summed E-state index contributed by atoms with van der Waals surface area (Å²) in [4.78, 5) is 130. The zero-order valence-corrected chi connectivity index (χ0v) is 53.8. The Morgan fingerprint density at radius 2 is 1.12 bits per heavy atom. The van der Waals surface area contributed by atoms with Crippen molar-refractivity contribution in [2.24, 2.45) is 5.41 Å². The van der Waals surface area contributed by atoms with E-state index in [1.807, 2.05) is 63.2 Å². The van der Waals surface area contributed by atoms with Crippen LogP contribution in [0.15, 0.2) is 91.0 Å². The Hall–Kier alpha value is -7.70. The van der Waals surface area contributed by atoms with Crippen LogP contribution in [-0.4, -0.2) is 166 Å². The van der Waals surface area contributed by atoms with Crippen LogP contribution >= 0.6 is 11.8 Å². The average Bonchev–Trinajstić information content (AvgIpc) is 2.51. The second kappa shape index (κ2) is 30.0. The number of hydrogen-bond donors (Lipinski definition) is 11. The molecule has 23 heteroatoms. The molecule has 1 saturated heterocycles. The molecule has 2 aliphatic carbocycles. The number of thioether (sulfide) groups is 1. The van der Waals surface area contributed by atoms with E-state index in [4.69, 9.17) is 0 Å². The number of fused-ring (bicyclic) bond motifs is 3. The largest absolute Gasteiger partial charge is 0.394 e. The minimum atomic E-state index is -1.28. The molecule has 4 aromatic rings. The number of aryl methyl sites for hydroxylation is 2. The third-order valence-electron chi connectivity index (χ3n) is 17.8. The molecule has 90 heavy (non-hydrogen) atoms. The van der Waals surface area contributed by atoms with Crippen LogP contribution in [0.3, 0.4) is 0 Å². The van der Waals surface area contributed by atoms with Gasteiger partial charge in [0.2, 0.25) is 41.4 Å². The van der Waals surface area contributed by atoms with Gasteiger partial charge in [-0.15, -0.1) is 11.8 Å². The maximum absolute atomic E-state index is 15.4. The first kappa shape index (κ1) is 68.2. The lowest BCUT2D eigenvalue weighted by Gasteiger charge is -2.42. The van der Waals surface area contributed by atoms with Crippen molar-refractivity contribution < 1.29 is 53.4 Å². The predicted molar refractivity (Wildman–Crippen MR) is 344 cm³/mol. The summed E-state index contributed by atoms with van der Waals surface area (Å²) in [5, 5.41) is 45.9. The standard InChI is InChI=1S/C67H89N11O11S/c1-38(68-8)58(82)75-56(66(3,4)5)64(88)78-34-47(32-54(78)63(87)74-52-23-15-19-41-17-11-13-21-50(41)52)72-61(85)43-26-24-42(25-27-43)60(84)71-46-29-28-44-31-53(62(86)73-51-22-14-18-40-16-10-12-20-49(40)51)77(33-45(44)30-46)65(89)57(76-59(83)39(2)69-9)67(6,7)90-37-55(81)70-48(35-79)36-80/h10-13,16-17,20-21,24-30,38-39,47-48,51-54,56-57,68-69,79-80H,14-15,18-19,22-23,31-37H2,1-9H3,(H,70,81)(H,71,84)(H,72,85)(H,73,86)(H,74,87)(H,75,82)(H,76,83)/t38-,39-,47-,51+,52+,53-,54-,56+,57+/m0/s1. The average molecular weight is 1260 g/mol. The van der Waals surface area contributed by atoms with Gasteiger partial charge in [-0.3, -0.25) is 43.2 Å². The van der Waals surface area contributed by atoms with Gasteiger partial charge in [0.1, 0.15) is 24.2 Å². The first-order valence-corrected chi connectivity index (χ1v) is 32.1. The minimum Gasteiger partial charge on any atom is -0.394 e. The SMILES string of the molecule is CN[C@@H](C)C(=O)N[C@H](C(=O)N1C[C@@H](NC(=O)c2ccc(C(=O)Nc3ccc4c(c3)CN(C(=O)[C@@H](NC(=O)[C@H](C)NC)C(C)(C)SCC(=O)NC(CO)CO)[C@H](C(=O)N[C@@H]3CCCc5ccccc53)C4)cc2)C[C@H]1C(=O)N[C@@H]1CCCc2ccccc21)C(C)(C)C. The highest BCUT2D eigenvalue weighted by atomic mass is 32.2. The number of amides is 9. The molecule has 9 amide bonds.